The smallest absolute Gasteiger partial charge is 0.223 e. The van der Waals surface area contributed by atoms with Crippen LogP contribution in [0.5, 0.6) is 0 Å². The number of amides is 1. The van der Waals surface area contributed by atoms with Gasteiger partial charge in [-0.1, -0.05) is 0 Å². The summed E-state index contributed by atoms with van der Waals surface area (Å²) in [5.74, 6) is 0.995. The topological polar surface area (TPSA) is 81.3 Å². The van der Waals surface area contributed by atoms with Crippen molar-refractivity contribution in [2.24, 2.45) is 17.6 Å². The summed E-state index contributed by atoms with van der Waals surface area (Å²) in [6, 6.07) is 0. The number of carbonyl (C=O) groups excluding carboxylic acids is 1. The number of nitrogens with zero attached hydrogens (tertiary/aromatic N) is 3. The number of anilines is 1. The highest BCUT2D eigenvalue weighted by Crippen LogP contribution is 2.34. The number of hydrogen-bond acceptors (Lipinski definition) is 5. The maximum absolute atomic E-state index is 11.5. The molecular weight excluding hydrogens is 336 g/mol. The van der Waals surface area contributed by atoms with E-state index in [1.54, 1.807) is 12.5 Å². The van der Waals surface area contributed by atoms with Crippen molar-refractivity contribution in [1.82, 2.24) is 9.97 Å². The van der Waals surface area contributed by atoms with Crippen LogP contribution in [-0.4, -0.2) is 41.7 Å². The van der Waals surface area contributed by atoms with E-state index in [0.717, 1.165) is 42.6 Å². The molecule has 0 unspecified atom stereocenters. The second kappa shape index (κ2) is 6.27. The van der Waals surface area contributed by atoms with Crippen LogP contribution in [0, 0.1) is 11.8 Å². The largest absolute Gasteiger partial charge is 0.377 e. The molecule has 2 atom stereocenters. The van der Waals surface area contributed by atoms with E-state index in [-0.39, 0.29) is 17.9 Å². The summed E-state index contributed by atoms with van der Waals surface area (Å²) in [4.78, 5) is 22.1. The van der Waals surface area contributed by atoms with E-state index in [4.69, 9.17) is 10.5 Å². The lowest BCUT2D eigenvalue weighted by atomic mass is 9.84. The number of piperidine rings is 1. The molecule has 3 rings (SSSR count). The first-order chi connectivity index (χ1) is 10.2. The quantitative estimate of drug-likeness (QED) is 0.885. The molecule has 0 saturated carbocycles. The van der Waals surface area contributed by atoms with E-state index in [0.29, 0.717) is 12.5 Å². The Bertz CT molecular complexity index is 519. The number of rotatable bonds is 3. The van der Waals surface area contributed by atoms with E-state index in [1.807, 2.05) is 0 Å². The van der Waals surface area contributed by atoms with Crippen LogP contribution in [-0.2, 0) is 9.53 Å². The molecule has 114 valence electrons. The van der Waals surface area contributed by atoms with E-state index < -0.39 is 0 Å². The molecular formula is C14H19BrN4O2. The molecule has 1 aromatic heterocycles. The fraction of sp³-hybridized carbons (Fsp3) is 0.643. The molecule has 0 bridgehead atoms. The highest BCUT2D eigenvalue weighted by Gasteiger charge is 2.39. The Labute approximate surface area is 132 Å². The first kappa shape index (κ1) is 14.7. The van der Waals surface area contributed by atoms with E-state index in [1.165, 1.54) is 0 Å². The third kappa shape index (κ3) is 3.03. The van der Waals surface area contributed by atoms with Crippen molar-refractivity contribution in [1.29, 1.82) is 0 Å². The number of primary amides is 1. The van der Waals surface area contributed by atoms with E-state index >= 15 is 0 Å². The molecule has 0 aromatic carbocycles. The molecule has 7 heteroatoms. The SMILES string of the molecule is NC(=O)[C@H]1CCO[C@@H]1C1CCN(c2ncncc2Br)CC1. The Morgan fingerprint density at radius 3 is 2.81 bits per heavy atom. The zero-order chi connectivity index (χ0) is 14.8. The van der Waals surface area contributed by atoms with E-state index in [9.17, 15) is 4.79 Å². The molecule has 3 heterocycles. The van der Waals surface area contributed by atoms with Crippen molar-refractivity contribution in [2.45, 2.75) is 25.4 Å². The molecule has 0 radical (unpaired) electrons. The van der Waals surface area contributed by atoms with Gasteiger partial charge in [-0.2, -0.15) is 0 Å². The van der Waals surface area contributed by atoms with Gasteiger partial charge >= 0.3 is 0 Å². The fourth-order valence-electron chi connectivity index (χ4n) is 3.36. The van der Waals surface area contributed by atoms with Crippen molar-refractivity contribution >= 4 is 27.7 Å². The second-order valence-corrected chi connectivity index (χ2v) is 6.51. The van der Waals surface area contributed by atoms with Gasteiger partial charge in [-0.25, -0.2) is 9.97 Å². The number of ether oxygens (including phenoxy) is 1. The average Bonchev–Trinajstić information content (AvgIpc) is 2.98. The van der Waals surface area contributed by atoms with Crippen molar-refractivity contribution in [3.05, 3.63) is 17.0 Å². The number of carbonyl (C=O) groups is 1. The van der Waals surface area contributed by atoms with Crippen LogP contribution in [0.15, 0.2) is 17.0 Å². The summed E-state index contributed by atoms with van der Waals surface area (Å²) >= 11 is 3.49. The minimum absolute atomic E-state index is 0.00140. The Morgan fingerprint density at radius 2 is 2.14 bits per heavy atom. The normalized spacial score (nSPS) is 27.0. The molecule has 21 heavy (non-hydrogen) atoms. The molecule has 0 spiro atoms. The predicted octanol–water partition coefficient (Wildman–Crippen LogP) is 1.35. The van der Waals surface area contributed by atoms with Crippen LogP contribution < -0.4 is 10.6 Å². The van der Waals surface area contributed by atoms with Gasteiger partial charge in [0, 0.05) is 25.9 Å². The number of nitrogens with two attached hydrogens (primary N) is 1. The maximum Gasteiger partial charge on any atom is 0.223 e. The lowest BCUT2D eigenvalue weighted by Crippen LogP contribution is -2.42. The molecule has 2 N–H and O–H groups in total. The van der Waals surface area contributed by atoms with Gasteiger partial charge in [0.15, 0.2) is 0 Å². The lowest BCUT2D eigenvalue weighted by molar-refractivity contribution is -0.124. The third-order valence-corrected chi connectivity index (χ3v) is 5.01. The van der Waals surface area contributed by atoms with Gasteiger partial charge in [-0.05, 0) is 41.1 Å². The van der Waals surface area contributed by atoms with Gasteiger partial charge in [-0.3, -0.25) is 4.79 Å². The van der Waals surface area contributed by atoms with Gasteiger partial charge in [0.25, 0.3) is 0 Å². The summed E-state index contributed by atoms with van der Waals surface area (Å²) in [7, 11) is 0. The van der Waals surface area contributed by atoms with Gasteiger partial charge in [0.1, 0.15) is 12.1 Å². The first-order valence-electron chi connectivity index (χ1n) is 7.28. The molecule has 1 amide bonds. The number of aromatic nitrogens is 2. The van der Waals surface area contributed by atoms with Gasteiger partial charge < -0.3 is 15.4 Å². The van der Waals surface area contributed by atoms with Crippen LogP contribution in [0.2, 0.25) is 0 Å². The average molecular weight is 355 g/mol. The molecule has 2 fully saturated rings. The Kier molecular flexibility index (Phi) is 4.40. The predicted molar refractivity (Wildman–Crippen MR) is 81.7 cm³/mol. The van der Waals surface area contributed by atoms with Crippen molar-refractivity contribution in [3.8, 4) is 0 Å². The number of halogens is 1. The van der Waals surface area contributed by atoms with Crippen LogP contribution in [0.25, 0.3) is 0 Å². The molecule has 1 aromatic rings. The summed E-state index contributed by atoms with van der Waals surface area (Å²) in [5, 5.41) is 0. The highest BCUT2D eigenvalue weighted by molar-refractivity contribution is 9.10. The van der Waals surface area contributed by atoms with Gasteiger partial charge in [-0.15, -0.1) is 0 Å². The summed E-state index contributed by atoms with van der Waals surface area (Å²) < 4.78 is 6.69. The van der Waals surface area contributed by atoms with Gasteiger partial charge in [0.05, 0.1) is 16.5 Å². The molecule has 2 saturated heterocycles. The summed E-state index contributed by atoms with van der Waals surface area (Å²) in [5.41, 5.74) is 5.48. The van der Waals surface area contributed by atoms with Crippen molar-refractivity contribution in [3.63, 3.8) is 0 Å². The minimum Gasteiger partial charge on any atom is -0.377 e. The monoisotopic (exact) mass is 354 g/mol. The van der Waals surface area contributed by atoms with Crippen molar-refractivity contribution in [2.75, 3.05) is 24.6 Å². The Hall–Kier alpha value is -1.21. The summed E-state index contributed by atoms with van der Waals surface area (Å²) in [6.07, 6.45) is 6.07. The number of hydrogen-bond donors (Lipinski definition) is 1. The Morgan fingerprint density at radius 1 is 1.38 bits per heavy atom. The van der Waals surface area contributed by atoms with Crippen LogP contribution in [0.3, 0.4) is 0 Å². The standard InChI is InChI=1S/C14H19BrN4O2/c15-11-7-17-8-18-14(11)19-4-1-9(2-5-19)12-10(13(16)20)3-6-21-12/h7-10,12H,1-6H2,(H2,16,20)/t10-,12+/m0/s1. The van der Waals surface area contributed by atoms with Crippen LogP contribution in [0.1, 0.15) is 19.3 Å². The molecule has 2 aliphatic heterocycles. The highest BCUT2D eigenvalue weighted by atomic mass is 79.9. The Balaban J connectivity index is 1.63. The zero-order valence-electron chi connectivity index (χ0n) is 11.7. The minimum atomic E-state index is -0.224. The maximum atomic E-state index is 11.5. The fourth-order valence-corrected chi connectivity index (χ4v) is 3.83. The molecule has 0 aliphatic carbocycles. The second-order valence-electron chi connectivity index (χ2n) is 5.65. The molecule has 2 aliphatic rings. The third-order valence-electron chi connectivity index (χ3n) is 4.45. The van der Waals surface area contributed by atoms with Crippen LogP contribution in [0.4, 0.5) is 5.82 Å². The van der Waals surface area contributed by atoms with E-state index in [2.05, 4.69) is 30.8 Å². The summed E-state index contributed by atoms with van der Waals surface area (Å²) in [6.45, 7) is 2.47. The lowest BCUT2D eigenvalue weighted by Gasteiger charge is -2.36. The molecule has 6 nitrogen and oxygen atoms in total. The van der Waals surface area contributed by atoms with Crippen LogP contribution >= 0.6 is 15.9 Å². The first-order valence-corrected chi connectivity index (χ1v) is 8.07. The van der Waals surface area contributed by atoms with Crippen molar-refractivity contribution < 1.29 is 9.53 Å². The van der Waals surface area contributed by atoms with Gasteiger partial charge in [0.2, 0.25) is 5.91 Å². The zero-order valence-corrected chi connectivity index (χ0v) is 13.3.